The first kappa shape index (κ1) is 13.9. The van der Waals surface area contributed by atoms with E-state index in [4.69, 9.17) is 9.15 Å². The van der Waals surface area contributed by atoms with Gasteiger partial charge in [-0.05, 0) is 42.5 Å². The lowest BCUT2D eigenvalue weighted by molar-refractivity contribution is -0.111. The van der Waals surface area contributed by atoms with Crippen molar-refractivity contribution >= 4 is 28.6 Å². The van der Waals surface area contributed by atoms with E-state index in [-0.39, 0.29) is 5.91 Å². The summed E-state index contributed by atoms with van der Waals surface area (Å²) >= 11 is 0. The highest BCUT2D eigenvalue weighted by molar-refractivity contribution is 6.02. The molecular weight excluding hydrogens is 278 g/mol. The fourth-order valence-corrected chi connectivity index (χ4v) is 2.11. The number of carbonyl (C=O) groups is 1. The van der Waals surface area contributed by atoms with E-state index in [9.17, 15) is 4.79 Å². The highest BCUT2D eigenvalue weighted by atomic mass is 16.5. The standard InChI is InChI=1S/C18H15NO3/c1-21-15-7-9-17-13(11-15)12-16(22-17)8-10-18(20)19-14-5-3-2-4-6-14/h2-12H,1H3,(H,19,20)/b10-8+. The number of anilines is 1. The third-order valence-electron chi connectivity index (χ3n) is 3.18. The number of rotatable bonds is 4. The number of amides is 1. The van der Waals surface area contributed by atoms with Crippen LogP contribution in [-0.2, 0) is 4.79 Å². The molecule has 0 radical (unpaired) electrons. The summed E-state index contributed by atoms with van der Waals surface area (Å²) in [5.74, 6) is 1.18. The van der Waals surface area contributed by atoms with Crippen molar-refractivity contribution in [3.8, 4) is 5.75 Å². The first-order chi connectivity index (χ1) is 10.7. The lowest BCUT2D eigenvalue weighted by Gasteiger charge is -1.99. The molecule has 0 aliphatic heterocycles. The van der Waals surface area contributed by atoms with E-state index in [0.29, 0.717) is 5.76 Å². The molecule has 22 heavy (non-hydrogen) atoms. The number of hydrogen-bond acceptors (Lipinski definition) is 3. The van der Waals surface area contributed by atoms with Gasteiger partial charge in [0.05, 0.1) is 7.11 Å². The minimum atomic E-state index is -0.204. The molecule has 110 valence electrons. The lowest BCUT2D eigenvalue weighted by Crippen LogP contribution is -2.07. The molecule has 4 heteroatoms. The molecule has 0 fully saturated rings. The number of furan rings is 1. The third-order valence-corrected chi connectivity index (χ3v) is 3.18. The average Bonchev–Trinajstić information content (AvgIpc) is 2.95. The number of nitrogens with one attached hydrogen (secondary N) is 1. The Morgan fingerprint density at radius 2 is 1.95 bits per heavy atom. The van der Waals surface area contributed by atoms with Crippen molar-refractivity contribution in [2.24, 2.45) is 0 Å². The number of ether oxygens (including phenoxy) is 1. The molecule has 1 N–H and O–H groups in total. The number of benzene rings is 2. The van der Waals surface area contributed by atoms with Crippen molar-refractivity contribution in [3.63, 3.8) is 0 Å². The van der Waals surface area contributed by atoms with E-state index in [1.807, 2.05) is 54.6 Å². The van der Waals surface area contributed by atoms with Crippen molar-refractivity contribution in [2.45, 2.75) is 0 Å². The molecule has 0 saturated heterocycles. The van der Waals surface area contributed by atoms with Crippen molar-refractivity contribution < 1.29 is 13.9 Å². The minimum absolute atomic E-state index is 0.204. The van der Waals surface area contributed by atoms with E-state index in [1.54, 1.807) is 13.2 Å². The Balaban J connectivity index is 1.73. The Morgan fingerprint density at radius 1 is 1.14 bits per heavy atom. The second kappa shape index (κ2) is 6.18. The summed E-state index contributed by atoms with van der Waals surface area (Å²) in [6.45, 7) is 0. The van der Waals surface area contributed by atoms with Crippen LogP contribution in [0.4, 0.5) is 5.69 Å². The second-order valence-electron chi connectivity index (χ2n) is 4.74. The molecule has 1 amide bonds. The van der Waals surface area contributed by atoms with E-state index >= 15 is 0 Å². The zero-order valence-corrected chi connectivity index (χ0v) is 12.1. The molecular formula is C18H15NO3. The van der Waals surface area contributed by atoms with Crippen LogP contribution in [0.2, 0.25) is 0 Å². The number of fused-ring (bicyclic) bond motifs is 1. The highest BCUT2D eigenvalue weighted by Gasteiger charge is 2.03. The van der Waals surface area contributed by atoms with Crippen LogP contribution in [0.15, 0.2) is 65.1 Å². The van der Waals surface area contributed by atoms with Gasteiger partial charge in [-0.15, -0.1) is 0 Å². The third kappa shape index (κ3) is 3.17. The molecule has 1 aromatic heterocycles. The van der Waals surface area contributed by atoms with E-state index in [1.165, 1.54) is 6.08 Å². The maximum Gasteiger partial charge on any atom is 0.248 e. The molecule has 3 rings (SSSR count). The number of hydrogen-bond donors (Lipinski definition) is 1. The van der Waals surface area contributed by atoms with Gasteiger partial charge in [-0.25, -0.2) is 0 Å². The summed E-state index contributed by atoms with van der Waals surface area (Å²) < 4.78 is 10.8. The molecule has 1 heterocycles. The fourth-order valence-electron chi connectivity index (χ4n) is 2.11. The van der Waals surface area contributed by atoms with E-state index < -0.39 is 0 Å². The van der Waals surface area contributed by atoms with Gasteiger partial charge in [0.2, 0.25) is 5.91 Å². The number of para-hydroxylation sites is 1. The summed E-state index contributed by atoms with van der Waals surface area (Å²) in [4.78, 5) is 11.8. The van der Waals surface area contributed by atoms with Crippen molar-refractivity contribution in [2.75, 3.05) is 12.4 Å². The number of methoxy groups -OCH3 is 1. The zero-order chi connectivity index (χ0) is 15.4. The van der Waals surface area contributed by atoms with Gasteiger partial charge < -0.3 is 14.5 Å². The lowest BCUT2D eigenvalue weighted by atomic mass is 10.2. The predicted octanol–water partition coefficient (Wildman–Crippen LogP) is 4.09. The summed E-state index contributed by atoms with van der Waals surface area (Å²) in [6.07, 6.45) is 3.09. The Labute approximate surface area is 128 Å². The minimum Gasteiger partial charge on any atom is -0.497 e. The molecule has 3 aromatic rings. The molecule has 0 spiro atoms. The Bertz CT molecular complexity index is 819. The first-order valence-electron chi connectivity index (χ1n) is 6.86. The van der Waals surface area contributed by atoms with Crippen LogP contribution in [0.25, 0.3) is 17.0 Å². The van der Waals surface area contributed by atoms with Crippen molar-refractivity contribution in [3.05, 3.63) is 66.4 Å². The normalized spacial score (nSPS) is 11.0. The molecule has 0 aliphatic carbocycles. The zero-order valence-electron chi connectivity index (χ0n) is 12.1. The van der Waals surface area contributed by atoms with Crippen LogP contribution in [0.3, 0.4) is 0 Å². The molecule has 2 aromatic carbocycles. The van der Waals surface area contributed by atoms with Gasteiger partial charge in [-0.1, -0.05) is 18.2 Å². The van der Waals surface area contributed by atoms with Crippen LogP contribution < -0.4 is 10.1 Å². The smallest absolute Gasteiger partial charge is 0.248 e. The summed E-state index contributed by atoms with van der Waals surface area (Å²) in [6, 6.07) is 16.7. The van der Waals surface area contributed by atoms with Gasteiger partial charge in [0, 0.05) is 17.1 Å². The van der Waals surface area contributed by atoms with Crippen LogP contribution in [0, 0.1) is 0 Å². The quantitative estimate of drug-likeness (QED) is 0.737. The van der Waals surface area contributed by atoms with Crippen LogP contribution >= 0.6 is 0 Å². The summed E-state index contributed by atoms with van der Waals surface area (Å²) in [5.41, 5.74) is 1.51. The molecule has 0 atom stereocenters. The molecule has 0 aliphatic rings. The second-order valence-corrected chi connectivity index (χ2v) is 4.74. The highest BCUT2D eigenvalue weighted by Crippen LogP contribution is 2.24. The fraction of sp³-hybridized carbons (Fsp3) is 0.0556. The van der Waals surface area contributed by atoms with E-state index in [2.05, 4.69) is 5.32 Å². The van der Waals surface area contributed by atoms with Gasteiger partial charge in [0.15, 0.2) is 0 Å². The van der Waals surface area contributed by atoms with Gasteiger partial charge >= 0.3 is 0 Å². The predicted molar refractivity (Wildman–Crippen MR) is 86.9 cm³/mol. The van der Waals surface area contributed by atoms with Gasteiger partial charge in [-0.2, -0.15) is 0 Å². The monoisotopic (exact) mass is 293 g/mol. The van der Waals surface area contributed by atoms with Crippen LogP contribution in [-0.4, -0.2) is 13.0 Å². The van der Waals surface area contributed by atoms with Crippen molar-refractivity contribution in [1.29, 1.82) is 0 Å². The van der Waals surface area contributed by atoms with Gasteiger partial charge in [0.25, 0.3) is 0 Å². The van der Waals surface area contributed by atoms with Crippen LogP contribution in [0.5, 0.6) is 5.75 Å². The Hall–Kier alpha value is -3.01. The summed E-state index contributed by atoms with van der Waals surface area (Å²) in [5, 5.41) is 3.71. The number of carbonyl (C=O) groups excluding carboxylic acids is 1. The Kier molecular flexibility index (Phi) is 3.92. The van der Waals surface area contributed by atoms with Gasteiger partial charge in [-0.3, -0.25) is 4.79 Å². The molecule has 0 saturated carbocycles. The topological polar surface area (TPSA) is 51.5 Å². The SMILES string of the molecule is COc1ccc2oc(/C=C/C(=O)Nc3ccccc3)cc2c1. The van der Waals surface area contributed by atoms with Crippen molar-refractivity contribution in [1.82, 2.24) is 0 Å². The Morgan fingerprint density at radius 3 is 2.73 bits per heavy atom. The van der Waals surface area contributed by atoms with E-state index in [0.717, 1.165) is 22.4 Å². The molecule has 4 nitrogen and oxygen atoms in total. The summed E-state index contributed by atoms with van der Waals surface area (Å²) in [7, 11) is 1.62. The largest absolute Gasteiger partial charge is 0.497 e. The maximum absolute atomic E-state index is 11.8. The maximum atomic E-state index is 11.8. The van der Waals surface area contributed by atoms with Crippen LogP contribution in [0.1, 0.15) is 5.76 Å². The van der Waals surface area contributed by atoms with Gasteiger partial charge in [0.1, 0.15) is 17.1 Å². The molecule has 0 bridgehead atoms. The average molecular weight is 293 g/mol. The first-order valence-corrected chi connectivity index (χ1v) is 6.86. The molecule has 0 unspecified atom stereocenters.